The van der Waals surface area contributed by atoms with Crippen molar-refractivity contribution < 1.29 is 0 Å². The molecule has 0 bridgehead atoms. The summed E-state index contributed by atoms with van der Waals surface area (Å²) < 4.78 is 0. The van der Waals surface area contributed by atoms with E-state index in [0.29, 0.717) is 0 Å². The Kier molecular flexibility index (Phi) is 3.42. The van der Waals surface area contributed by atoms with E-state index in [4.69, 9.17) is 11.6 Å². The van der Waals surface area contributed by atoms with E-state index in [1.165, 1.54) is 0 Å². The zero-order chi connectivity index (χ0) is 11.4. The van der Waals surface area contributed by atoms with Crippen LogP contribution in [0.4, 0.5) is 5.69 Å². The second kappa shape index (κ2) is 4.99. The van der Waals surface area contributed by atoms with Crippen molar-refractivity contribution in [1.82, 2.24) is 4.98 Å². The van der Waals surface area contributed by atoms with Gasteiger partial charge < -0.3 is 5.32 Å². The highest BCUT2D eigenvalue weighted by molar-refractivity contribution is 6.31. The summed E-state index contributed by atoms with van der Waals surface area (Å²) in [6.07, 6.45) is 3.53. The van der Waals surface area contributed by atoms with Crippen LogP contribution >= 0.6 is 11.6 Å². The molecule has 0 saturated heterocycles. The fraction of sp³-hybridized carbons (Fsp3) is 0.154. The monoisotopic (exact) mass is 232 g/mol. The largest absolute Gasteiger partial charge is 0.378 e. The third kappa shape index (κ3) is 2.52. The molecule has 2 aromatic rings. The van der Waals surface area contributed by atoms with Crippen LogP contribution in [0.25, 0.3) is 0 Å². The number of nitrogens with one attached hydrogen (secondary N) is 1. The first-order valence-corrected chi connectivity index (χ1v) is 5.56. The highest BCUT2D eigenvalue weighted by atomic mass is 35.5. The molecule has 2 nitrogen and oxygen atoms in total. The molecular formula is C13H13ClN2. The van der Waals surface area contributed by atoms with Crippen LogP contribution in [0.5, 0.6) is 0 Å². The van der Waals surface area contributed by atoms with Crippen LogP contribution in [-0.2, 0) is 0 Å². The van der Waals surface area contributed by atoms with Gasteiger partial charge in [-0.15, -0.1) is 0 Å². The number of benzene rings is 1. The Labute approximate surface area is 100 Å². The molecule has 1 unspecified atom stereocenters. The van der Waals surface area contributed by atoms with Gasteiger partial charge in [-0.05, 0) is 30.7 Å². The van der Waals surface area contributed by atoms with E-state index in [0.717, 1.165) is 16.3 Å². The Bertz CT molecular complexity index is 456. The summed E-state index contributed by atoms with van der Waals surface area (Å²) in [5, 5.41) is 4.16. The Balaban J connectivity index is 2.15. The molecule has 0 aliphatic carbocycles. The van der Waals surface area contributed by atoms with Crippen molar-refractivity contribution in [3.63, 3.8) is 0 Å². The Hall–Kier alpha value is -1.54. The maximum Gasteiger partial charge on any atom is 0.0500 e. The van der Waals surface area contributed by atoms with E-state index < -0.39 is 0 Å². The fourth-order valence-corrected chi connectivity index (χ4v) is 1.90. The quantitative estimate of drug-likeness (QED) is 0.868. The van der Waals surface area contributed by atoms with Gasteiger partial charge in [0.25, 0.3) is 0 Å². The lowest BCUT2D eigenvalue weighted by Gasteiger charge is -2.16. The smallest absolute Gasteiger partial charge is 0.0500 e. The minimum Gasteiger partial charge on any atom is -0.378 e. The van der Waals surface area contributed by atoms with Crippen LogP contribution in [0.1, 0.15) is 18.5 Å². The minimum absolute atomic E-state index is 0.177. The first-order chi connectivity index (χ1) is 7.77. The maximum absolute atomic E-state index is 6.13. The molecule has 1 atom stereocenters. The molecule has 0 fully saturated rings. The van der Waals surface area contributed by atoms with Crippen LogP contribution in [0.15, 0.2) is 48.8 Å². The number of rotatable bonds is 3. The first kappa shape index (κ1) is 11.0. The molecule has 1 N–H and O–H groups in total. The van der Waals surface area contributed by atoms with Gasteiger partial charge in [0.15, 0.2) is 0 Å². The van der Waals surface area contributed by atoms with Crippen molar-refractivity contribution in [2.75, 3.05) is 5.32 Å². The zero-order valence-electron chi connectivity index (χ0n) is 9.02. The molecule has 0 amide bonds. The number of nitrogens with zero attached hydrogens (tertiary/aromatic N) is 1. The number of hydrogen-bond acceptors (Lipinski definition) is 2. The average Bonchev–Trinajstić information content (AvgIpc) is 2.31. The van der Waals surface area contributed by atoms with E-state index in [1.807, 2.05) is 36.4 Å². The number of pyridine rings is 1. The molecular weight excluding hydrogens is 220 g/mol. The molecule has 2 rings (SSSR count). The lowest BCUT2D eigenvalue weighted by molar-refractivity contribution is 0.884. The summed E-state index contributed by atoms with van der Waals surface area (Å²) in [5.74, 6) is 0. The van der Waals surface area contributed by atoms with Crippen molar-refractivity contribution in [3.8, 4) is 0 Å². The van der Waals surface area contributed by atoms with Gasteiger partial charge >= 0.3 is 0 Å². The molecule has 1 aromatic heterocycles. The summed E-state index contributed by atoms with van der Waals surface area (Å²) in [7, 11) is 0. The summed E-state index contributed by atoms with van der Waals surface area (Å²) in [6.45, 7) is 2.08. The van der Waals surface area contributed by atoms with Crippen LogP contribution in [0.2, 0.25) is 5.02 Å². The normalized spacial score (nSPS) is 12.1. The van der Waals surface area contributed by atoms with E-state index >= 15 is 0 Å². The first-order valence-electron chi connectivity index (χ1n) is 5.18. The van der Waals surface area contributed by atoms with E-state index in [-0.39, 0.29) is 6.04 Å². The Morgan fingerprint density at radius 1 is 1.12 bits per heavy atom. The van der Waals surface area contributed by atoms with Crippen molar-refractivity contribution in [2.45, 2.75) is 13.0 Å². The highest BCUT2D eigenvalue weighted by Gasteiger charge is 2.08. The second-order valence-corrected chi connectivity index (χ2v) is 4.03. The van der Waals surface area contributed by atoms with E-state index in [2.05, 4.69) is 17.2 Å². The lowest BCUT2D eigenvalue weighted by atomic mass is 10.1. The molecule has 0 saturated carbocycles. The molecule has 0 aliphatic heterocycles. The Morgan fingerprint density at radius 2 is 1.81 bits per heavy atom. The number of hydrogen-bond donors (Lipinski definition) is 1. The zero-order valence-corrected chi connectivity index (χ0v) is 9.78. The van der Waals surface area contributed by atoms with Crippen molar-refractivity contribution >= 4 is 17.3 Å². The predicted octanol–water partition coefficient (Wildman–Crippen LogP) is 3.91. The molecule has 1 heterocycles. The van der Waals surface area contributed by atoms with Crippen LogP contribution in [0.3, 0.4) is 0 Å². The van der Waals surface area contributed by atoms with Gasteiger partial charge in [0.2, 0.25) is 0 Å². The standard InChI is InChI=1S/C13H13ClN2/c1-10(12-4-2-3-5-13(12)14)16-11-6-8-15-9-7-11/h2-10H,1H3,(H,15,16). The third-order valence-corrected chi connectivity index (χ3v) is 2.78. The summed E-state index contributed by atoms with van der Waals surface area (Å²) in [5.41, 5.74) is 2.14. The van der Waals surface area contributed by atoms with Crippen molar-refractivity contribution in [2.24, 2.45) is 0 Å². The molecule has 3 heteroatoms. The lowest BCUT2D eigenvalue weighted by Crippen LogP contribution is -2.06. The fourth-order valence-electron chi connectivity index (χ4n) is 1.60. The topological polar surface area (TPSA) is 24.9 Å². The van der Waals surface area contributed by atoms with E-state index in [9.17, 15) is 0 Å². The third-order valence-electron chi connectivity index (χ3n) is 2.44. The Morgan fingerprint density at radius 3 is 2.50 bits per heavy atom. The number of anilines is 1. The van der Waals surface area contributed by atoms with Gasteiger partial charge in [0, 0.05) is 29.1 Å². The highest BCUT2D eigenvalue weighted by Crippen LogP contribution is 2.25. The van der Waals surface area contributed by atoms with E-state index in [1.54, 1.807) is 12.4 Å². The number of halogens is 1. The van der Waals surface area contributed by atoms with Gasteiger partial charge in [-0.25, -0.2) is 0 Å². The molecule has 0 radical (unpaired) electrons. The van der Waals surface area contributed by atoms with Gasteiger partial charge in [-0.3, -0.25) is 4.98 Å². The molecule has 16 heavy (non-hydrogen) atoms. The van der Waals surface area contributed by atoms with Crippen molar-refractivity contribution in [1.29, 1.82) is 0 Å². The van der Waals surface area contributed by atoms with Gasteiger partial charge in [-0.2, -0.15) is 0 Å². The molecule has 1 aromatic carbocycles. The molecule has 0 spiro atoms. The summed E-state index contributed by atoms with van der Waals surface area (Å²) >= 11 is 6.13. The SMILES string of the molecule is CC(Nc1ccncc1)c1ccccc1Cl. The molecule has 82 valence electrons. The van der Waals surface area contributed by atoms with Crippen LogP contribution in [0, 0.1) is 0 Å². The van der Waals surface area contributed by atoms with Crippen molar-refractivity contribution in [3.05, 3.63) is 59.4 Å². The molecule has 0 aliphatic rings. The minimum atomic E-state index is 0.177. The second-order valence-electron chi connectivity index (χ2n) is 3.62. The van der Waals surface area contributed by atoms with Crippen LogP contribution in [-0.4, -0.2) is 4.98 Å². The summed E-state index contributed by atoms with van der Waals surface area (Å²) in [6, 6.07) is 11.9. The summed E-state index contributed by atoms with van der Waals surface area (Å²) in [4.78, 5) is 3.98. The van der Waals surface area contributed by atoms with Gasteiger partial charge in [0.1, 0.15) is 0 Å². The number of aromatic nitrogens is 1. The van der Waals surface area contributed by atoms with Crippen LogP contribution < -0.4 is 5.32 Å². The maximum atomic E-state index is 6.13. The van der Waals surface area contributed by atoms with Gasteiger partial charge in [0.05, 0.1) is 0 Å². The average molecular weight is 233 g/mol. The predicted molar refractivity (Wildman–Crippen MR) is 67.7 cm³/mol. The van der Waals surface area contributed by atoms with Gasteiger partial charge in [-0.1, -0.05) is 29.8 Å².